The van der Waals surface area contributed by atoms with Gasteiger partial charge in [-0.05, 0) is 19.8 Å². The molecule has 2 rings (SSSR count). The molecule has 0 spiro atoms. The Balaban J connectivity index is 1.98. The van der Waals surface area contributed by atoms with Gasteiger partial charge in [0.2, 0.25) is 0 Å². The van der Waals surface area contributed by atoms with Crippen LogP contribution >= 0.6 is 0 Å². The number of nitrogens with zero attached hydrogens (tertiary/aromatic N) is 3. The molecule has 2 atom stereocenters. The minimum absolute atomic E-state index is 0.249. The zero-order valence-corrected chi connectivity index (χ0v) is 17.0. The monoisotopic (exact) mass is 381 g/mol. The van der Waals surface area contributed by atoms with E-state index in [1.54, 1.807) is 11.9 Å². The lowest BCUT2D eigenvalue weighted by Crippen LogP contribution is -2.64. The first-order valence-electron chi connectivity index (χ1n) is 10.3. The normalized spacial score (nSPS) is 23.6. The number of urea groups is 1. The molecule has 2 saturated heterocycles. The molecule has 2 aliphatic rings. The van der Waals surface area contributed by atoms with Gasteiger partial charge >= 0.3 is 6.03 Å². The average molecular weight is 382 g/mol. The molecule has 27 heavy (non-hydrogen) atoms. The number of carbonyl (C=O) groups is 2. The second-order valence-electron chi connectivity index (χ2n) is 7.16. The zero-order chi connectivity index (χ0) is 19.6. The number of ether oxygens (including phenoxy) is 1. The number of amides is 3. The van der Waals surface area contributed by atoms with Gasteiger partial charge in [0.15, 0.2) is 12.0 Å². The highest BCUT2D eigenvalue weighted by Gasteiger charge is 2.49. The van der Waals surface area contributed by atoms with Gasteiger partial charge in [0.05, 0.1) is 0 Å². The van der Waals surface area contributed by atoms with E-state index in [-0.39, 0.29) is 18.1 Å². The topological polar surface area (TPSA) is 86.3 Å². The molecule has 8 heteroatoms. The van der Waals surface area contributed by atoms with Crippen LogP contribution in [0.5, 0.6) is 0 Å². The molecule has 8 nitrogen and oxygen atoms in total. The molecule has 0 aromatic carbocycles. The van der Waals surface area contributed by atoms with E-state index in [9.17, 15) is 9.59 Å². The van der Waals surface area contributed by atoms with E-state index in [0.29, 0.717) is 25.7 Å². The fourth-order valence-corrected chi connectivity index (χ4v) is 3.52. The zero-order valence-electron chi connectivity index (χ0n) is 17.0. The molecular weight excluding hydrogens is 346 g/mol. The fourth-order valence-electron chi connectivity index (χ4n) is 3.52. The number of hydrogen-bond acceptors (Lipinski definition) is 4. The Morgan fingerprint density at radius 2 is 1.81 bits per heavy atom. The maximum Gasteiger partial charge on any atom is 0.325 e. The smallest absolute Gasteiger partial charge is 0.325 e. The van der Waals surface area contributed by atoms with Crippen molar-refractivity contribution >= 4 is 17.9 Å². The summed E-state index contributed by atoms with van der Waals surface area (Å²) < 4.78 is 5.36. The third-order valence-corrected chi connectivity index (χ3v) is 5.09. The summed E-state index contributed by atoms with van der Waals surface area (Å²) in [7, 11) is 1.70. The Bertz CT molecular complexity index is 525. The number of fused-ring (bicyclic) bond motifs is 1. The van der Waals surface area contributed by atoms with E-state index in [1.165, 1.54) is 25.7 Å². The maximum atomic E-state index is 12.5. The third-order valence-electron chi connectivity index (χ3n) is 5.09. The first-order chi connectivity index (χ1) is 13.1. The summed E-state index contributed by atoms with van der Waals surface area (Å²) in [4.78, 5) is 32.6. The number of aliphatic imine (C=N–C) groups is 1. The van der Waals surface area contributed by atoms with E-state index in [4.69, 9.17) is 4.74 Å². The minimum atomic E-state index is -0.422. The van der Waals surface area contributed by atoms with Gasteiger partial charge in [0.25, 0.3) is 5.91 Å². The van der Waals surface area contributed by atoms with E-state index < -0.39 is 6.04 Å². The van der Waals surface area contributed by atoms with E-state index >= 15 is 0 Å². The minimum Gasteiger partial charge on any atom is -0.382 e. The molecule has 0 saturated carbocycles. The van der Waals surface area contributed by atoms with E-state index in [1.807, 2.05) is 11.8 Å². The fraction of sp³-hybridized carbons (Fsp3) is 0.842. The van der Waals surface area contributed by atoms with Crippen molar-refractivity contribution in [3.8, 4) is 0 Å². The third kappa shape index (κ3) is 5.82. The van der Waals surface area contributed by atoms with Crippen molar-refractivity contribution in [3.63, 3.8) is 0 Å². The van der Waals surface area contributed by atoms with Crippen LogP contribution in [-0.4, -0.2) is 73.3 Å². The number of carbonyl (C=O) groups excluding carboxylic acids is 2. The van der Waals surface area contributed by atoms with Gasteiger partial charge in [0, 0.05) is 33.4 Å². The molecule has 0 aromatic heterocycles. The van der Waals surface area contributed by atoms with Crippen molar-refractivity contribution in [2.24, 2.45) is 4.99 Å². The molecule has 0 radical (unpaired) electrons. The van der Waals surface area contributed by atoms with Gasteiger partial charge in [-0.2, -0.15) is 0 Å². The predicted molar refractivity (Wildman–Crippen MR) is 106 cm³/mol. The van der Waals surface area contributed by atoms with Crippen LogP contribution in [0.3, 0.4) is 0 Å². The summed E-state index contributed by atoms with van der Waals surface area (Å²) in [6.45, 7) is 6.97. The van der Waals surface area contributed by atoms with Crippen molar-refractivity contribution in [2.75, 3.05) is 33.4 Å². The van der Waals surface area contributed by atoms with Gasteiger partial charge in [-0.25, -0.2) is 4.79 Å². The van der Waals surface area contributed by atoms with Gasteiger partial charge in [0.1, 0.15) is 6.17 Å². The molecule has 0 aromatic rings. The summed E-state index contributed by atoms with van der Waals surface area (Å²) in [6.07, 6.45) is 7.61. The molecule has 0 aliphatic carbocycles. The number of unbranched alkanes of at least 4 members (excludes halogenated alkanes) is 5. The van der Waals surface area contributed by atoms with E-state index in [2.05, 4.69) is 22.5 Å². The van der Waals surface area contributed by atoms with Crippen molar-refractivity contribution < 1.29 is 14.3 Å². The van der Waals surface area contributed by atoms with Crippen LogP contribution in [0.4, 0.5) is 4.79 Å². The summed E-state index contributed by atoms with van der Waals surface area (Å²) >= 11 is 0. The van der Waals surface area contributed by atoms with Crippen LogP contribution in [0.15, 0.2) is 4.99 Å². The molecule has 2 fully saturated rings. The lowest BCUT2D eigenvalue weighted by molar-refractivity contribution is -0.127. The molecule has 154 valence electrons. The van der Waals surface area contributed by atoms with Gasteiger partial charge in [-0.3, -0.25) is 15.1 Å². The standard InChI is InChI=1S/C19H35N5O3/c1-4-6-7-8-9-10-13-24-15-16(23(3)19(26)22-17(15)25)21-18(24)20-12-11-14-27-5-2/h15-16H,4-14H2,1-3H3,(H,20,21)(H,22,25,26). The van der Waals surface area contributed by atoms with Crippen LogP contribution in [0, 0.1) is 0 Å². The quantitative estimate of drug-likeness (QED) is 0.504. The largest absolute Gasteiger partial charge is 0.382 e. The van der Waals surface area contributed by atoms with Crippen LogP contribution < -0.4 is 10.6 Å². The van der Waals surface area contributed by atoms with Crippen LogP contribution in [0.1, 0.15) is 58.8 Å². The summed E-state index contributed by atoms with van der Waals surface area (Å²) in [5.41, 5.74) is 0. The predicted octanol–water partition coefficient (Wildman–Crippen LogP) is 1.91. The maximum absolute atomic E-state index is 12.5. The summed E-state index contributed by atoms with van der Waals surface area (Å²) in [5, 5.41) is 5.73. The molecule has 2 N–H and O–H groups in total. The highest BCUT2D eigenvalue weighted by Crippen LogP contribution is 2.21. The summed E-state index contributed by atoms with van der Waals surface area (Å²) in [5.74, 6) is 0.466. The number of likely N-dealkylation sites (N-methyl/N-ethyl adjacent to an activating group) is 1. The van der Waals surface area contributed by atoms with Crippen molar-refractivity contribution in [1.82, 2.24) is 20.4 Å². The number of nitrogens with one attached hydrogen (secondary N) is 2. The molecular formula is C19H35N5O3. The molecule has 0 bridgehead atoms. The first-order valence-corrected chi connectivity index (χ1v) is 10.3. The Hall–Kier alpha value is -1.83. The SMILES string of the molecule is CCCCCCCCN1C(=NCCCOCC)NC2C1C(=O)NC(=O)N2C. The lowest BCUT2D eigenvalue weighted by atomic mass is 10.1. The van der Waals surface area contributed by atoms with E-state index in [0.717, 1.165) is 25.8 Å². The second-order valence-corrected chi connectivity index (χ2v) is 7.16. The van der Waals surface area contributed by atoms with Crippen molar-refractivity contribution in [1.29, 1.82) is 0 Å². The van der Waals surface area contributed by atoms with Gasteiger partial charge in [-0.15, -0.1) is 0 Å². The summed E-state index contributed by atoms with van der Waals surface area (Å²) in [6, 6.07) is -0.792. The molecule has 2 heterocycles. The van der Waals surface area contributed by atoms with Crippen molar-refractivity contribution in [3.05, 3.63) is 0 Å². The van der Waals surface area contributed by atoms with Crippen LogP contribution in [0.2, 0.25) is 0 Å². The highest BCUT2D eigenvalue weighted by molar-refractivity contribution is 6.04. The number of imide groups is 1. The van der Waals surface area contributed by atoms with Crippen LogP contribution in [-0.2, 0) is 9.53 Å². The molecule has 2 aliphatic heterocycles. The Morgan fingerprint density at radius 3 is 2.56 bits per heavy atom. The average Bonchev–Trinajstić information content (AvgIpc) is 3.01. The lowest BCUT2D eigenvalue weighted by Gasteiger charge is -2.35. The first kappa shape index (κ1) is 21.5. The van der Waals surface area contributed by atoms with Gasteiger partial charge < -0.3 is 19.9 Å². The van der Waals surface area contributed by atoms with Gasteiger partial charge in [-0.1, -0.05) is 39.0 Å². The number of hydrogen-bond donors (Lipinski definition) is 2. The Labute approximate surface area is 162 Å². The molecule has 2 unspecified atom stereocenters. The number of guanidine groups is 1. The Morgan fingerprint density at radius 1 is 1.07 bits per heavy atom. The molecule has 3 amide bonds. The van der Waals surface area contributed by atoms with Crippen molar-refractivity contribution in [2.45, 2.75) is 71.0 Å². The Kier molecular flexibility index (Phi) is 8.84. The highest BCUT2D eigenvalue weighted by atomic mass is 16.5. The number of rotatable bonds is 12. The second kappa shape index (κ2) is 11.1. The van der Waals surface area contributed by atoms with Crippen LogP contribution in [0.25, 0.3) is 0 Å².